The molecule has 2 N–H and O–H groups in total. The van der Waals surface area contributed by atoms with Crippen LogP contribution < -0.4 is 5.32 Å². The number of aliphatic carboxylic acids is 1. The van der Waals surface area contributed by atoms with Gasteiger partial charge in [0.25, 0.3) is 0 Å². The van der Waals surface area contributed by atoms with Gasteiger partial charge in [0.1, 0.15) is 0 Å². The highest BCUT2D eigenvalue weighted by Gasteiger charge is 2.35. The van der Waals surface area contributed by atoms with Crippen molar-refractivity contribution in [2.24, 2.45) is 0 Å². The van der Waals surface area contributed by atoms with Crippen LogP contribution in [0.4, 0.5) is 4.79 Å². The van der Waals surface area contributed by atoms with E-state index in [0.29, 0.717) is 6.54 Å². The fourth-order valence-corrected chi connectivity index (χ4v) is 4.25. The van der Waals surface area contributed by atoms with Gasteiger partial charge in [-0.25, -0.2) is 4.79 Å². The predicted molar refractivity (Wildman–Crippen MR) is 88.7 cm³/mol. The Bertz CT molecular complexity index is 583. The van der Waals surface area contributed by atoms with Crippen LogP contribution in [0.1, 0.15) is 30.2 Å². The average molecular weight is 337 g/mol. The summed E-state index contributed by atoms with van der Waals surface area (Å²) in [6, 6.07) is 2.54. The summed E-state index contributed by atoms with van der Waals surface area (Å²) < 4.78 is 0. The second kappa shape index (κ2) is 6.88. The van der Waals surface area contributed by atoms with Gasteiger partial charge in [-0.05, 0) is 42.8 Å². The van der Waals surface area contributed by atoms with Crippen LogP contribution in [-0.4, -0.2) is 58.6 Å². The number of rotatable bonds is 5. The number of fused-ring (bicyclic) bond motifs is 1. The van der Waals surface area contributed by atoms with Gasteiger partial charge in [0.2, 0.25) is 0 Å². The number of nitrogens with one attached hydrogen (secondary N) is 1. The number of hydrogen-bond acceptors (Lipinski definition) is 4. The Kier molecular flexibility index (Phi) is 4.87. The first kappa shape index (κ1) is 16.3. The molecule has 0 atom stereocenters. The quantitative estimate of drug-likeness (QED) is 0.859. The molecular formula is C16H23N3O3S. The van der Waals surface area contributed by atoms with Crippen molar-refractivity contribution < 1.29 is 14.7 Å². The Morgan fingerprint density at radius 1 is 1.48 bits per heavy atom. The number of amides is 2. The number of carboxylic acids is 1. The number of thiophene rings is 1. The van der Waals surface area contributed by atoms with E-state index in [2.05, 4.69) is 16.8 Å². The van der Waals surface area contributed by atoms with Crippen LogP contribution in [0.25, 0.3) is 0 Å². The van der Waals surface area contributed by atoms with E-state index in [9.17, 15) is 9.59 Å². The molecule has 1 saturated carbocycles. The van der Waals surface area contributed by atoms with Crippen molar-refractivity contribution in [2.45, 2.75) is 44.8 Å². The standard InChI is InChI=1S/C16H23N3O3S/c1-2-18(10-15(20)21)13-7-12(8-13)17-16(22)19-5-3-14-11(9-19)4-6-23-14/h4,6,12-13H,2-3,5,7-10H2,1H3,(H,17,22)(H,20,21). The van der Waals surface area contributed by atoms with Gasteiger partial charge in [0.15, 0.2) is 0 Å². The molecule has 2 amide bonds. The second-order valence-electron chi connectivity index (χ2n) is 6.27. The normalized spacial score (nSPS) is 23.3. The summed E-state index contributed by atoms with van der Waals surface area (Å²) in [6.07, 6.45) is 2.62. The maximum atomic E-state index is 12.4. The molecule has 0 saturated heterocycles. The van der Waals surface area contributed by atoms with Crippen molar-refractivity contribution in [1.29, 1.82) is 0 Å². The van der Waals surface area contributed by atoms with Crippen LogP contribution in [0.3, 0.4) is 0 Å². The Morgan fingerprint density at radius 2 is 2.26 bits per heavy atom. The number of hydrogen-bond donors (Lipinski definition) is 2. The Morgan fingerprint density at radius 3 is 2.96 bits per heavy atom. The zero-order valence-electron chi connectivity index (χ0n) is 13.3. The van der Waals surface area contributed by atoms with Gasteiger partial charge in [-0.15, -0.1) is 11.3 Å². The van der Waals surface area contributed by atoms with Crippen molar-refractivity contribution in [3.8, 4) is 0 Å². The summed E-state index contributed by atoms with van der Waals surface area (Å²) in [5.74, 6) is -0.792. The topological polar surface area (TPSA) is 72.9 Å². The molecule has 0 bridgehead atoms. The van der Waals surface area contributed by atoms with Crippen molar-refractivity contribution in [3.63, 3.8) is 0 Å². The first-order chi connectivity index (χ1) is 11.1. The molecule has 23 heavy (non-hydrogen) atoms. The number of carboxylic acid groups (broad SMARTS) is 1. The molecule has 0 aromatic carbocycles. The molecule has 1 aromatic rings. The molecule has 1 fully saturated rings. The molecule has 0 spiro atoms. The molecule has 2 aliphatic rings. The minimum atomic E-state index is -0.792. The van der Waals surface area contributed by atoms with Crippen LogP contribution in [0, 0.1) is 0 Å². The van der Waals surface area contributed by atoms with Gasteiger partial charge >= 0.3 is 12.0 Å². The maximum Gasteiger partial charge on any atom is 0.317 e. The fourth-order valence-electron chi connectivity index (χ4n) is 3.36. The van der Waals surface area contributed by atoms with E-state index in [4.69, 9.17) is 5.11 Å². The molecule has 1 aliphatic heterocycles. The van der Waals surface area contributed by atoms with E-state index in [1.165, 1.54) is 10.4 Å². The minimum absolute atomic E-state index is 0.00610. The molecule has 0 radical (unpaired) electrons. The van der Waals surface area contributed by atoms with Crippen LogP contribution in [-0.2, 0) is 17.8 Å². The van der Waals surface area contributed by atoms with Crippen molar-refractivity contribution in [1.82, 2.24) is 15.1 Å². The molecule has 2 heterocycles. The lowest BCUT2D eigenvalue weighted by molar-refractivity contribution is -0.139. The summed E-state index contributed by atoms with van der Waals surface area (Å²) in [4.78, 5) is 28.4. The third-order valence-corrected chi connectivity index (χ3v) is 5.82. The highest BCUT2D eigenvalue weighted by atomic mass is 32.1. The molecule has 6 nitrogen and oxygen atoms in total. The summed E-state index contributed by atoms with van der Waals surface area (Å²) >= 11 is 1.77. The number of likely N-dealkylation sites (N-methyl/N-ethyl adjacent to an activating group) is 1. The third kappa shape index (κ3) is 3.67. The van der Waals surface area contributed by atoms with Crippen LogP contribution >= 0.6 is 11.3 Å². The number of carbonyl (C=O) groups excluding carboxylic acids is 1. The van der Waals surface area contributed by atoms with Gasteiger partial charge in [0.05, 0.1) is 6.54 Å². The highest BCUT2D eigenvalue weighted by molar-refractivity contribution is 7.10. The SMILES string of the molecule is CCN(CC(=O)O)C1CC(NC(=O)N2CCc3sccc3C2)C1. The van der Waals surface area contributed by atoms with Crippen LogP contribution in [0.2, 0.25) is 0 Å². The largest absolute Gasteiger partial charge is 0.480 e. The molecule has 126 valence electrons. The molecule has 1 aliphatic carbocycles. The number of carbonyl (C=O) groups is 2. The van der Waals surface area contributed by atoms with Gasteiger partial charge in [-0.2, -0.15) is 0 Å². The van der Waals surface area contributed by atoms with E-state index >= 15 is 0 Å². The van der Waals surface area contributed by atoms with Crippen LogP contribution in [0.5, 0.6) is 0 Å². The van der Waals surface area contributed by atoms with Crippen LogP contribution in [0.15, 0.2) is 11.4 Å². The zero-order valence-corrected chi connectivity index (χ0v) is 14.1. The van der Waals surface area contributed by atoms with E-state index in [-0.39, 0.29) is 24.7 Å². The van der Waals surface area contributed by atoms with Gasteiger partial charge in [-0.3, -0.25) is 9.69 Å². The van der Waals surface area contributed by atoms with E-state index in [1.807, 2.05) is 16.7 Å². The monoisotopic (exact) mass is 337 g/mol. The Hall–Kier alpha value is -1.60. The lowest BCUT2D eigenvalue weighted by Gasteiger charge is -2.43. The van der Waals surface area contributed by atoms with Gasteiger partial charge in [-0.1, -0.05) is 6.92 Å². The zero-order chi connectivity index (χ0) is 16.4. The molecular weight excluding hydrogens is 314 g/mol. The first-order valence-corrected chi connectivity index (χ1v) is 9.01. The predicted octanol–water partition coefficient (Wildman–Crippen LogP) is 1.75. The Balaban J connectivity index is 1.45. The van der Waals surface area contributed by atoms with Crippen molar-refractivity contribution >= 4 is 23.3 Å². The van der Waals surface area contributed by atoms with E-state index < -0.39 is 5.97 Å². The number of nitrogens with zero attached hydrogens (tertiary/aromatic N) is 2. The number of urea groups is 1. The van der Waals surface area contributed by atoms with Crippen molar-refractivity contribution in [2.75, 3.05) is 19.6 Å². The highest BCUT2D eigenvalue weighted by Crippen LogP contribution is 2.27. The van der Waals surface area contributed by atoms with E-state index in [1.54, 1.807) is 11.3 Å². The summed E-state index contributed by atoms with van der Waals surface area (Å²) in [7, 11) is 0. The second-order valence-corrected chi connectivity index (χ2v) is 7.27. The first-order valence-electron chi connectivity index (χ1n) is 8.13. The van der Waals surface area contributed by atoms with Gasteiger partial charge in [0, 0.05) is 30.1 Å². The van der Waals surface area contributed by atoms with E-state index in [0.717, 1.165) is 32.4 Å². The fraction of sp³-hybridized carbons (Fsp3) is 0.625. The summed E-state index contributed by atoms with van der Waals surface area (Å²) in [5.41, 5.74) is 1.27. The lowest BCUT2D eigenvalue weighted by atomic mass is 9.85. The Labute approximate surface area is 140 Å². The smallest absolute Gasteiger partial charge is 0.317 e. The summed E-state index contributed by atoms with van der Waals surface area (Å²) in [6.45, 7) is 4.25. The molecule has 1 aromatic heterocycles. The molecule has 3 rings (SSSR count). The third-order valence-electron chi connectivity index (χ3n) is 4.80. The van der Waals surface area contributed by atoms with Gasteiger partial charge < -0.3 is 15.3 Å². The minimum Gasteiger partial charge on any atom is -0.480 e. The van der Waals surface area contributed by atoms with Crippen molar-refractivity contribution in [3.05, 3.63) is 21.9 Å². The average Bonchev–Trinajstić information content (AvgIpc) is 2.95. The lowest BCUT2D eigenvalue weighted by Crippen LogP contribution is -2.57. The molecule has 7 heteroatoms. The summed E-state index contributed by atoms with van der Waals surface area (Å²) in [5, 5.41) is 14.1. The maximum absolute atomic E-state index is 12.4. The molecule has 0 unspecified atom stereocenters.